The van der Waals surface area contributed by atoms with Gasteiger partial charge in [-0.05, 0) is 48.3 Å². The molecule has 0 spiro atoms. The molecule has 1 aromatic rings. The molecule has 0 unspecified atom stereocenters. The minimum Gasteiger partial charge on any atom is -0.394 e. The highest BCUT2D eigenvalue weighted by Crippen LogP contribution is 2.48. The van der Waals surface area contributed by atoms with E-state index in [-0.39, 0.29) is 12.5 Å². The molecule has 2 aliphatic rings. The van der Waals surface area contributed by atoms with Crippen LogP contribution < -0.4 is 10.6 Å². The Bertz CT molecular complexity index is 643. The number of hydrogen-bond acceptors (Lipinski definition) is 4. The van der Waals surface area contributed by atoms with Crippen molar-refractivity contribution in [3.05, 3.63) is 34.3 Å². The number of aliphatic hydroxyl groups is 1. The predicted molar refractivity (Wildman–Crippen MR) is 112 cm³/mol. The first-order valence-corrected chi connectivity index (χ1v) is 11.0. The highest BCUT2D eigenvalue weighted by Gasteiger charge is 2.39. The van der Waals surface area contributed by atoms with Crippen molar-refractivity contribution in [1.29, 1.82) is 0 Å². The molecule has 0 heterocycles. The maximum atomic E-state index is 12.8. The van der Waals surface area contributed by atoms with E-state index in [1.54, 1.807) is 6.07 Å². The fourth-order valence-electron chi connectivity index (χ4n) is 4.83. The number of halogens is 1. The third-order valence-electron chi connectivity index (χ3n) is 6.25. The standard InChI is InChI=1S/C22H33ClN2O3/c23-20-6-5-18(15-24-9-11-28-12-10-26)13-19(20)21(27)25-16-22-7-1-3-17(14-22)4-2-8-22/h5-6,13,17,24,26H,1-4,7-12,14-16H2,(H,25,27). The van der Waals surface area contributed by atoms with Gasteiger partial charge in [0.15, 0.2) is 0 Å². The van der Waals surface area contributed by atoms with Gasteiger partial charge in [-0.2, -0.15) is 0 Å². The van der Waals surface area contributed by atoms with E-state index < -0.39 is 0 Å². The van der Waals surface area contributed by atoms with Crippen molar-refractivity contribution in [2.24, 2.45) is 11.3 Å². The molecule has 6 heteroatoms. The lowest BCUT2D eigenvalue weighted by atomic mass is 9.62. The van der Waals surface area contributed by atoms with Crippen molar-refractivity contribution < 1.29 is 14.6 Å². The number of carbonyl (C=O) groups excluding carboxylic acids is 1. The van der Waals surface area contributed by atoms with Crippen LogP contribution in [0.3, 0.4) is 0 Å². The molecule has 0 aliphatic heterocycles. The molecule has 1 aromatic carbocycles. The second-order valence-electron chi connectivity index (χ2n) is 8.36. The van der Waals surface area contributed by atoms with Crippen LogP contribution in [0, 0.1) is 11.3 Å². The lowest BCUT2D eigenvalue weighted by Gasteiger charge is -2.45. The average molecular weight is 409 g/mol. The van der Waals surface area contributed by atoms with E-state index in [0.717, 1.165) is 18.0 Å². The smallest absolute Gasteiger partial charge is 0.252 e. The summed E-state index contributed by atoms with van der Waals surface area (Å²) in [6, 6.07) is 5.61. The number of ether oxygens (including phenoxy) is 1. The number of nitrogens with one attached hydrogen (secondary N) is 2. The second kappa shape index (κ2) is 10.6. The van der Waals surface area contributed by atoms with Crippen LogP contribution in [0.15, 0.2) is 18.2 Å². The second-order valence-corrected chi connectivity index (χ2v) is 8.77. The van der Waals surface area contributed by atoms with E-state index in [0.29, 0.717) is 42.3 Å². The fourth-order valence-corrected chi connectivity index (χ4v) is 5.04. The molecule has 2 fully saturated rings. The van der Waals surface area contributed by atoms with Gasteiger partial charge in [0.05, 0.1) is 30.4 Å². The topological polar surface area (TPSA) is 70.6 Å². The van der Waals surface area contributed by atoms with E-state index in [9.17, 15) is 4.79 Å². The molecule has 3 rings (SSSR count). The minimum absolute atomic E-state index is 0.0393. The van der Waals surface area contributed by atoms with Crippen molar-refractivity contribution in [3.8, 4) is 0 Å². The van der Waals surface area contributed by atoms with Crippen LogP contribution in [-0.2, 0) is 11.3 Å². The largest absolute Gasteiger partial charge is 0.394 e. The zero-order chi connectivity index (χ0) is 19.8. The summed E-state index contributed by atoms with van der Waals surface area (Å²) in [6.07, 6.45) is 9.06. The quantitative estimate of drug-likeness (QED) is 0.518. The van der Waals surface area contributed by atoms with Gasteiger partial charge in [0.25, 0.3) is 5.91 Å². The number of aliphatic hydroxyl groups excluding tert-OH is 1. The Kier molecular flexibility index (Phi) is 8.15. The number of carbonyl (C=O) groups is 1. The third kappa shape index (κ3) is 5.93. The van der Waals surface area contributed by atoms with Gasteiger partial charge in [-0.25, -0.2) is 0 Å². The highest BCUT2D eigenvalue weighted by molar-refractivity contribution is 6.33. The van der Waals surface area contributed by atoms with Crippen LogP contribution in [0.5, 0.6) is 0 Å². The molecule has 1 amide bonds. The Morgan fingerprint density at radius 3 is 2.79 bits per heavy atom. The van der Waals surface area contributed by atoms with Gasteiger partial charge < -0.3 is 20.5 Å². The Labute approximate surface area is 173 Å². The Morgan fingerprint density at radius 1 is 1.25 bits per heavy atom. The van der Waals surface area contributed by atoms with Gasteiger partial charge in [0, 0.05) is 19.6 Å². The monoisotopic (exact) mass is 408 g/mol. The van der Waals surface area contributed by atoms with Crippen molar-refractivity contribution in [2.75, 3.05) is 32.9 Å². The van der Waals surface area contributed by atoms with E-state index in [1.165, 1.54) is 44.9 Å². The van der Waals surface area contributed by atoms with Crippen LogP contribution in [-0.4, -0.2) is 43.9 Å². The Hall–Kier alpha value is -1.14. The van der Waals surface area contributed by atoms with E-state index in [1.807, 2.05) is 12.1 Å². The zero-order valence-electron chi connectivity index (χ0n) is 16.6. The van der Waals surface area contributed by atoms with E-state index >= 15 is 0 Å². The maximum absolute atomic E-state index is 12.8. The molecular formula is C22H33ClN2O3. The van der Waals surface area contributed by atoms with Gasteiger partial charge in [-0.1, -0.05) is 43.4 Å². The molecule has 3 N–H and O–H groups in total. The van der Waals surface area contributed by atoms with Crippen molar-refractivity contribution in [2.45, 2.75) is 51.5 Å². The summed E-state index contributed by atoms with van der Waals surface area (Å²) in [7, 11) is 0. The van der Waals surface area contributed by atoms with E-state index in [2.05, 4.69) is 10.6 Å². The van der Waals surface area contributed by atoms with E-state index in [4.69, 9.17) is 21.4 Å². The van der Waals surface area contributed by atoms with Gasteiger partial charge in [-0.15, -0.1) is 0 Å². The van der Waals surface area contributed by atoms with Gasteiger partial charge in [-0.3, -0.25) is 4.79 Å². The molecule has 156 valence electrons. The summed E-state index contributed by atoms with van der Waals surface area (Å²) in [4.78, 5) is 12.8. The predicted octanol–water partition coefficient (Wildman–Crippen LogP) is 3.53. The first-order valence-electron chi connectivity index (χ1n) is 10.6. The van der Waals surface area contributed by atoms with Crippen molar-refractivity contribution >= 4 is 17.5 Å². The molecule has 0 radical (unpaired) electrons. The first-order chi connectivity index (χ1) is 13.6. The van der Waals surface area contributed by atoms with Gasteiger partial charge >= 0.3 is 0 Å². The number of benzene rings is 1. The molecule has 28 heavy (non-hydrogen) atoms. The summed E-state index contributed by atoms with van der Waals surface area (Å²) >= 11 is 6.31. The van der Waals surface area contributed by atoms with Crippen LogP contribution in [0.1, 0.15) is 60.9 Å². The molecule has 5 nitrogen and oxygen atoms in total. The molecular weight excluding hydrogens is 376 g/mol. The van der Waals surface area contributed by atoms with Crippen LogP contribution in [0.25, 0.3) is 0 Å². The summed E-state index contributed by atoms with van der Waals surface area (Å²) in [5, 5.41) is 15.6. The van der Waals surface area contributed by atoms with Crippen LogP contribution in [0.4, 0.5) is 0 Å². The lowest BCUT2D eigenvalue weighted by molar-refractivity contribution is 0.0681. The van der Waals surface area contributed by atoms with Gasteiger partial charge in [0.2, 0.25) is 0 Å². The van der Waals surface area contributed by atoms with Crippen molar-refractivity contribution in [1.82, 2.24) is 10.6 Å². The number of amides is 1. The third-order valence-corrected chi connectivity index (χ3v) is 6.58. The molecule has 0 atom stereocenters. The number of fused-ring (bicyclic) bond motifs is 2. The SMILES string of the molecule is O=C(NCC12CCCC(CCC1)C2)c1cc(CNCCOCCO)ccc1Cl. The average Bonchev–Trinajstić information content (AvgIpc) is 2.70. The highest BCUT2D eigenvalue weighted by atomic mass is 35.5. The summed E-state index contributed by atoms with van der Waals surface area (Å²) in [5.74, 6) is 0.791. The Balaban J connectivity index is 1.51. The Morgan fingerprint density at radius 2 is 2.04 bits per heavy atom. The first kappa shape index (κ1) is 21.6. The maximum Gasteiger partial charge on any atom is 0.252 e. The lowest BCUT2D eigenvalue weighted by Crippen LogP contribution is -2.43. The number of hydrogen-bond donors (Lipinski definition) is 3. The normalized spacial score (nSPS) is 24.1. The summed E-state index contributed by atoms with van der Waals surface area (Å²) in [6.45, 7) is 3.04. The summed E-state index contributed by atoms with van der Waals surface area (Å²) in [5.41, 5.74) is 1.87. The molecule has 0 saturated heterocycles. The van der Waals surface area contributed by atoms with Crippen LogP contribution >= 0.6 is 11.6 Å². The number of rotatable bonds is 10. The summed E-state index contributed by atoms with van der Waals surface area (Å²) < 4.78 is 5.23. The molecule has 2 aliphatic carbocycles. The molecule has 2 bridgehead atoms. The molecule has 2 saturated carbocycles. The van der Waals surface area contributed by atoms with Gasteiger partial charge in [0.1, 0.15) is 0 Å². The zero-order valence-corrected chi connectivity index (χ0v) is 17.4. The van der Waals surface area contributed by atoms with Crippen LogP contribution in [0.2, 0.25) is 5.02 Å². The fraction of sp³-hybridized carbons (Fsp3) is 0.682. The van der Waals surface area contributed by atoms with Crippen molar-refractivity contribution in [3.63, 3.8) is 0 Å². The molecule has 0 aromatic heterocycles. The minimum atomic E-state index is -0.0693.